The highest BCUT2D eigenvalue weighted by Crippen LogP contribution is 2.47. The van der Waals surface area contributed by atoms with Crippen LogP contribution in [0.3, 0.4) is 0 Å². The van der Waals surface area contributed by atoms with Gasteiger partial charge in [0.1, 0.15) is 5.92 Å². The maximum Gasteiger partial charge on any atom is 0.315 e. The van der Waals surface area contributed by atoms with Crippen molar-refractivity contribution in [3.8, 4) is 5.75 Å². The highest BCUT2D eigenvalue weighted by molar-refractivity contribution is 6.09. The van der Waals surface area contributed by atoms with Gasteiger partial charge in [0.05, 0.1) is 11.5 Å². The molecule has 2 aliphatic rings. The molecule has 0 spiro atoms. The van der Waals surface area contributed by atoms with Crippen LogP contribution in [0.15, 0.2) is 64.8 Å². The first-order chi connectivity index (χ1) is 16.8. The summed E-state index contributed by atoms with van der Waals surface area (Å²) in [7, 11) is 0. The summed E-state index contributed by atoms with van der Waals surface area (Å²) in [6.45, 7) is 3.94. The Kier molecular flexibility index (Phi) is 7.10. The summed E-state index contributed by atoms with van der Waals surface area (Å²) in [5.41, 5.74) is 2.27. The van der Waals surface area contributed by atoms with E-state index >= 15 is 0 Å². The van der Waals surface area contributed by atoms with Gasteiger partial charge in [0.2, 0.25) is 0 Å². The molecule has 1 heterocycles. The van der Waals surface area contributed by atoms with E-state index in [4.69, 9.17) is 9.73 Å². The van der Waals surface area contributed by atoms with Crippen molar-refractivity contribution in [1.82, 2.24) is 0 Å². The molecular formula is C27H27N2O6-. The molecule has 1 unspecified atom stereocenters. The van der Waals surface area contributed by atoms with Crippen LogP contribution in [0.25, 0.3) is 0 Å². The Labute approximate surface area is 203 Å². The molecule has 0 N–H and O–H groups in total. The first-order valence-corrected chi connectivity index (χ1v) is 11.8. The SMILES string of the molecule is CCCCOC(=O)C1C(C)=NC2=C(C(=O)C[C@@H](c3ccccc3)C2)[C@@H]1c1ccc([O-])c([N+](=O)[O-])c1. The number of aliphatic imine (C=N–C) groups is 1. The van der Waals surface area contributed by atoms with Gasteiger partial charge >= 0.3 is 5.97 Å². The zero-order valence-corrected chi connectivity index (χ0v) is 19.7. The van der Waals surface area contributed by atoms with Gasteiger partial charge in [0.25, 0.3) is 5.69 Å². The average Bonchev–Trinajstić information content (AvgIpc) is 2.83. The molecule has 0 saturated carbocycles. The minimum absolute atomic E-state index is 0.0499. The van der Waals surface area contributed by atoms with Crippen LogP contribution in [0.2, 0.25) is 0 Å². The average molecular weight is 476 g/mol. The first-order valence-electron chi connectivity index (χ1n) is 11.8. The van der Waals surface area contributed by atoms with Crippen LogP contribution in [-0.4, -0.2) is 29.0 Å². The van der Waals surface area contributed by atoms with Crippen molar-refractivity contribution < 1.29 is 24.4 Å². The lowest BCUT2D eigenvalue weighted by Crippen LogP contribution is -2.38. The molecule has 0 bridgehead atoms. The fraction of sp³-hybridized carbons (Fsp3) is 0.370. The lowest BCUT2D eigenvalue weighted by Gasteiger charge is -2.36. The van der Waals surface area contributed by atoms with Gasteiger partial charge in [-0.1, -0.05) is 55.8 Å². The van der Waals surface area contributed by atoms with Crippen molar-refractivity contribution in [2.75, 3.05) is 6.61 Å². The zero-order valence-electron chi connectivity index (χ0n) is 19.7. The number of esters is 1. The quantitative estimate of drug-likeness (QED) is 0.250. The zero-order chi connectivity index (χ0) is 25.1. The third-order valence-corrected chi connectivity index (χ3v) is 6.69. The number of Topliss-reactive ketones (excluding diaryl/α,β-unsaturated/α-hetero) is 1. The molecule has 0 amide bonds. The molecule has 2 aromatic rings. The number of allylic oxidation sites excluding steroid dienone is 2. The maximum absolute atomic E-state index is 13.5. The second-order valence-corrected chi connectivity index (χ2v) is 9.01. The Morgan fingerprint density at radius 2 is 1.89 bits per heavy atom. The molecule has 0 saturated heterocycles. The molecule has 1 aliphatic carbocycles. The van der Waals surface area contributed by atoms with Gasteiger partial charge in [-0.2, -0.15) is 0 Å². The molecule has 0 aromatic heterocycles. The van der Waals surface area contributed by atoms with Crippen LogP contribution in [0.4, 0.5) is 5.69 Å². The van der Waals surface area contributed by atoms with Gasteiger partial charge in [0, 0.05) is 35.4 Å². The molecule has 182 valence electrons. The number of carbonyl (C=O) groups is 2. The van der Waals surface area contributed by atoms with Crippen LogP contribution in [0, 0.1) is 16.0 Å². The molecule has 8 heteroatoms. The van der Waals surface area contributed by atoms with Crippen molar-refractivity contribution >= 4 is 23.2 Å². The van der Waals surface area contributed by atoms with Crippen molar-refractivity contribution in [3.05, 3.63) is 81.0 Å². The van der Waals surface area contributed by atoms with Crippen LogP contribution >= 0.6 is 0 Å². The fourth-order valence-corrected chi connectivity index (χ4v) is 4.96. The Morgan fingerprint density at radius 1 is 1.14 bits per heavy atom. The van der Waals surface area contributed by atoms with E-state index in [1.54, 1.807) is 6.92 Å². The second-order valence-electron chi connectivity index (χ2n) is 9.01. The number of ketones is 1. The van der Waals surface area contributed by atoms with Gasteiger partial charge < -0.3 is 9.84 Å². The number of nitrogens with zero attached hydrogens (tertiary/aromatic N) is 2. The number of hydrogen-bond acceptors (Lipinski definition) is 7. The van der Waals surface area contributed by atoms with E-state index < -0.39 is 34.2 Å². The van der Waals surface area contributed by atoms with E-state index in [2.05, 4.69) is 0 Å². The van der Waals surface area contributed by atoms with Gasteiger partial charge in [-0.05, 0) is 42.6 Å². The summed E-state index contributed by atoms with van der Waals surface area (Å²) in [6, 6.07) is 13.5. The van der Waals surface area contributed by atoms with E-state index in [-0.39, 0.29) is 24.7 Å². The fourth-order valence-electron chi connectivity index (χ4n) is 4.96. The number of hydrogen-bond donors (Lipinski definition) is 0. The molecular weight excluding hydrogens is 448 g/mol. The van der Waals surface area contributed by atoms with Crippen molar-refractivity contribution in [1.29, 1.82) is 0 Å². The third kappa shape index (κ3) is 4.87. The minimum Gasteiger partial charge on any atom is -0.868 e. The lowest BCUT2D eigenvalue weighted by molar-refractivity contribution is -0.398. The Balaban J connectivity index is 1.80. The maximum atomic E-state index is 13.5. The van der Waals surface area contributed by atoms with Gasteiger partial charge in [-0.15, -0.1) is 0 Å². The van der Waals surface area contributed by atoms with Crippen LogP contribution < -0.4 is 5.11 Å². The topological polar surface area (TPSA) is 122 Å². The molecule has 2 aromatic carbocycles. The van der Waals surface area contributed by atoms with E-state index in [1.807, 2.05) is 37.3 Å². The van der Waals surface area contributed by atoms with Crippen LogP contribution in [0.1, 0.15) is 62.5 Å². The number of unbranched alkanes of at least 4 members (excludes halogenated alkanes) is 1. The highest BCUT2D eigenvalue weighted by Gasteiger charge is 2.45. The monoisotopic (exact) mass is 475 g/mol. The molecule has 4 rings (SSSR count). The molecule has 0 fully saturated rings. The van der Waals surface area contributed by atoms with Crippen molar-refractivity contribution in [2.24, 2.45) is 10.9 Å². The molecule has 1 aliphatic heterocycles. The van der Waals surface area contributed by atoms with Crippen molar-refractivity contribution in [3.63, 3.8) is 0 Å². The van der Waals surface area contributed by atoms with Gasteiger partial charge in [-0.25, -0.2) is 0 Å². The third-order valence-electron chi connectivity index (χ3n) is 6.69. The van der Waals surface area contributed by atoms with E-state index in [1.165, 1.54) is 12.1 Å². The Hall–Kier alpha value is -3.81. The highest BCUT2D eigenvalue weighted by atomic mass is 16.6. The van der Waals surface area contributed by atoms with E-state index in [9.17, 15) is 24.8 Å². The number of ether oxygens (including phenoxy) is 1. The normalized spacial score (nSPS) is 21.8. The van der Waals surface area contributed by atoms with Gasteiger partial charge in [-0.3, -0.25) is 24.7 Å². The summed E-state index contributed by atoms with van der Waals surface area (Å²) in [4.78, 5) is 42.1. The first kappa shape index (κ1) is 24.3. The van der Waals surface area contributed by atoms with E-state index in [0.29, 0.717) is 35.4 Å². The second kappa shape index (κ2) is 10.2. The van der Waals surface area contributed by atoms with Crippen LogP contribution in [0.5, 0.6) is 5.75 Å². The number of benzene rings is 2. The number of carbonyl (C=O) groups excluding carboxylic acids is 2. The smallest absolute Gasteiger partial charge is 0.315 e. The van der Waals surface area contributed by atoms with Crippen molar-refractivity contribution in [2.45, 2.75) is 51.4 Å². The summed E-state index contributed by atoms with van der Waals surface area (Å²) in [5.74, 6) is -3.16. The number of nitro benzene ring substituents is 1. The lowest BCUT2D eigenvalue weighted by atomic mass is 9.69. The summed E-state index contributed by atoms with van der Waals surface area (Å²) in [6.07, 6.45) is 2.30. The minimum atomic E-state index is -0.903. The summed E-state index contributed by atoms with van der Waals surface area (Å²) < 4.78 is 5.50. The molecule has 0 radical (unpaired) electrons. The standard InChI is InChI=1S/C27H28N2O6/c1-3-4-12-35-27(32)24-16(2)28-20-13-19(17-8-6-5-7-9-17)15-23(31)26(20)25(24)18-10-11-22(30)21(14-18)29(33)34/h5-11,14,19,24-25,30H,3-4,12-13,15H2,1-2H3/p-1/t19-,24?,25+/m0/s1. The predicted molar refractivity (Wildman–Crippen MR) is 128 cm³/mol. The Bertz CT molecular complexity index is 1220. The molecule has 35 heavy (non-hydrogen) atoms. The largest absolute Gasteiger partial charge is 0.868 e. The summed E-state index contributed by atoms with van der Waals surface area (Å²) in [5, 5.41) is 23.5. The van der Waals surface area contributed by atoms with E-state index in [0.717, 1.165) is 18.1 Å². The predicted octanol–water partition coefficient (Wildman–Crippen LogP) is 4.59. The van der Waals surface area contributed by atoms with Crippen LogP contribution in [-0.2, 0) is 14.3 Å². The Morgan fingerprint density at radius 3 is 2.57 bits per heavy atom. The summed E-state index contributed by atoms with van der Waals surface area (Å²) >= 11 is 0. The number of nitro groups is 1. The number of rotatable bonds is 7. The molecule has 3 atom stereocenters. The van der Waals surface area contributed by atoms with Gasteiger partial charge in [0.15, 0.2) is 5.78 Å². The molecule has 8 nitrogen and oxygen atoms in total.